The molecule has 0 fully saturated rings. The molecule has 0 saturated carbocycles. The minimum Gasteiger partial charge on any atom is -0.497 e. The van der Waals surface area contributed by atoms with Crippen molar-refractivity contribution in [2.24, 2.45) is 4.99 Å². The summed E-state index contributed by atoms with van der Waals surface area (Å²) in [5, 5.41) is 6.51. The summed E-state index contributed by atoms with van der Waals surface area (Å²) in [6.07, 6.45) is 2.01. The predicted octanol–water partition coefficient (Wildman–Crippen LogP) is 2.84. The molecule has 0 aliphatic heterocycles. The zero-order valence-electron chi connectivity index (χ0n) is 14.4. The number of hydrogen-bond donors (Lipinski definition) is 2. The van der Waals surface area contributed by atoms with E-state index in [4.69, 9.17) is 9.47 Å². The van der Waals surface area contributed by atoms with Crippen LogP contribution in [-0.2, 0) is 11.2 Å². The highest BCUT2D eigenvalue weighted by Gasteiger charge is 1.98. The van der Waals surface area contributed by atoms with Gasteiger partial charge in [-0.3, -0.25) is 4.99 Å². The molecular formula is C17H30IN3O2. The van der Waals surface area contributed by atoms with E-state index in [9.17, 15) is 0 Å². The number of hydrogen-bond acceptors (Lipinski definition) is 3. The van der Waals surface area contributed by atoms with Crippen molar-refractivity contribution in [3.63, 3.8) is 0 Å². The van der Waals surface area contributed by atoms with Crippen LogP contribution in [0.3, 0.4) is 0 Å². The normalized spacial score (nSPS) is 10.8. The van der Waals surface area contributed by atoms with Crippen LogP contribution < -0.4 is 15.4 Å². The fourth-order valence-corrected chi connectivity index (χ4v) is 2.03. The molecule has 132 valence electrons. The Morgan fingerprint density at radius 3 is 2.74 bits per heavy atom. The molecule has 0 radical (unpaired) electrons. The molecule has 1 rings (SSSR count). The summed E-state index contributed by atoms with van der Waals surface area (Å²) in [5.41, 5.74) is 1.28. The van der Waals surface area contributed by atoms with E-state index >= 15 is 0 Å². The van der Waals surface area contributed by atoms with Gasteiger partial charge in [0.1, 0.15) is 5.75 Å². The van der Waals surface area contributed by atoms with Gasteiger partial charge in [0.2, 0.25) is 0 Å². The second-order valence-electron chi connectivity index (χ2n) is 4.84. The maximum Gasteiger partial charge on any atom is 0.191 e. The average molecular weight is 435 g/mol. The molecule has 5 nitrogen and oxygen atoms in total. The molecule has 0 spiro atoms. The second-order valence-corrected chi connectivity index (χ2v) is 4.84. The summed E-state index contributed by atoms with van der Waals surface area (Å²) < 4.78 is 10.5. The van der Waals surface area contributed by atoms with Crippen LogP contribution in [0.2, 0.25) is 0 Å². The second kappa shape index (κ2) is 14.6. The van der Waals surface area contributed by atoms with Crippen LogP contribution in [0.5, 0.6) is 5.75 Å². The lowest BCUT2D eigenvalue weighted by molar-refractivity contribution is 0.152. The Bertz CT molecular complexity index is 442. The van der Waals surface area contributed by atoms with Crippen molar-refractivity contribution < 1.29 is 9.47 Å². The molecular weight excluding hydrogens is 405 g/mol. The summed E-state index contributed by atoms with van der Waals surface area (Å²) in [4.78, 5) is 4.58. The van der Waals surface area contributed by atoms with Crippen molar-refractivity contribution in [3.05, 3.63) is 29.8 Å². The molecule has 0 unspecified atom stereocenters. The topological polar surface area (TPSA) is 54.9 Å². The SMILES string of the molecule is CCNC(=NCCCc1cccc(OC)c1)NCCOCC.I. The molecule has 23 heavy (non-hydrogen) atoms. The van der Waals surface area contributed by atoms with Gasteiger partial charge in [-0.25, -0.2) is 0 Å². The van der Waals surface area contributed by atoms with E-state index < -0.39 is 0 Å². The van der Waals surface area contributed by atoms with Gasteiger partial charge in [0.15, 0.2) is 5.96 Å². The number of aliphatic imine (C=N–C) groups is 1. The zero-order chi connectivity index (χ0) is 16.0. The fourth-order valence-electron chi connectivity index (χ4n) is 2.03. The minimum absolute atomic E-state index is 0. The van der Waals surface area contributed by atoms with E-state index in [0.717, 1.165) is 50.8 Å². The summed E-state index contributed by atoms with van der Waals surface area (Å²) >= 11 is 0. The summed E-state index contributed by atoms with van der Waals surface area (Å²) in [6.45, 7) is 7.93. The van der Waals surface area contributed by atoms with Crippen LogP contribution in [0.4, 0.5) is 0 Å². The highest BCUT2D eigenvalue weighted by molar-refractivity contribution is 14.0. The van der Waals surface area contributed by atoms with Crippen LogP contribution in [-0.4, -0.2) is 45.9 Å². The Kier molecular flexibility index (Phi) is 13.9. The van der Waals surface area contributed by atoms with Gasteiger partial charge in [0.05, 0.1) is 13.7 Å². The first-order chi connectivity index (χ1) is 10.8. The lowest BCUT2D eigenvalue weighted by atomic mass is 10.1. The van der Waals surface area contributed by atoms with E-state index in [-0.39, 0.29) is 24.0 Å². The number of ether oxygens (including phenoxy) is 2. The van der Waals surface area contributed by atoms with Crippen molar-refractivity contribution in [1.29, 1.82) is 0 Å². The third kappa shape index (κ3) is 10.4. The van der Waals surface area contributed by atoms with Gasteiger partial charge in [-0.05, 0) is 44.4 Å². The van der Waals surface area contributed by atoms with E-state index in [1.165, 1.54) is 5.56 Å². The summed E-state index contributed by atoms with van der Waals surface area (Å²) in [5.74, 6) is 1.76. The third-order valence-electron chi connectivity index (χ3n) is 3.11. The number of rotatable bonds is 10. The summed E-state index contributed by atoms with van der Waals surface area (Å²) in [6, 6.07) is 8.19. The molecule has 6 heteroatoms. The van der Waals surface area contributed by atoms with Gasteiger partial charge in [-0.2, -0.15) is 0 Å². The third-order valence-corrected chi connectivity index (χ3v) is 3.11. The van der Waals surface area contributed by atoms with E-state index in [1.807, 2.05) is 19.1 Å². The van der Waals surface area contributed by atoms with Gasteiger partial charge in [-0.1, -0.05) is 12.1 Å². The van der Waals surface area contributed by atoms with E-state index in [2.05, 4.69) is 34.7 Å². The van der Waals surface area contributed by atoms with Crippen LogP contribution >= 0.6 is 24.0 Å². The van der Waals surface area contributed by atoms with Crippen LogP contribution in [0.1, 0.15) is 25.8 Å². The maximum absolute atomic E-state index is 5.31. The Morgan fingerprint density at radius 1 is 1.22 bits per heavy atom. The van der Waals surface area contributed by atoms with Crippen molar-refractivity contribution in [2.75, 3.05) is 40.0 Å². The van der Waals surface area contributed by atoms with Gasteiger partial charge in [-0.15, -0.1) is 24.0 Å². The molecule has 0 saturated heterocycles. The Hall–Kier alpha value is -1.02. The van der Waals surface area contributed by atoms with Gasteiger partial charge in [0.25, 0.3) is 0 Å². The Labute approximate surface area is 157 Å². The van der Waals surface area contributed by atoms with Crippen molar-refractivity contribution in [1.82, 2.24) is 10.6 Å². The Balaban J connectivity index is 0.00000484. The fraction of sp³-hybridized carbons (Fsp3) is 0.588. The number of nitrogens with zero attached hydrogens (tertiary/aromatic N) is 1. The molecule has 0 aliphatic carbocycles. The number of halogens is 1. The highest BCUT2D eigenvalue weighted by atomic mass is 127. The first-order valence-electron chi connectivity index (χ1n) is 8.03. The number of benzene rings is 1. The molecule has 0 heterocycles. The van der Waals surface area contributed by atoms with Crippen molar-refractivity contribution in [2.45, 2.75) is 26.7 Å². The molecule has 0 amide bonds. The largest absolute Gasteiger partial charge is 0.497 e. The molecule has 1 aromatic carbocycles. The molecule has 0 aliphatic rings. The van der Waals surface area contributed by atoms with E-state index in [1.54, 1.807) is 7.11 Å². The van der Waals surface area contributed by atoms with Crippen molar-refractivity contribution >= 4 is 29.9 Å². The van der Waals surface area contributed by atoms with E-state index in [0.29, 0.717) is 6.61 Å². The smallest absolute Gasteiger partial charge is 0.191 e. The highest BCUT2D eigenvalue weighted by Crippen LogP contribution is 2.13. The van der Waals surface area contributed by atoms with Gasteiger partial charge < -0.3 is 20.1 Å². The van der Waals surface area contributed by atoms with Gasteiger partial charge in [0, 0.05) is 26.2 Å². The standard InChI is InChI=1S/C17H29N3O2.HI/c1-4-18-17(20-12-13-22-5-2)19-11-7-9-15-8-6-10-16(14-15)21-3;/h6,8,10,14H,4-5,7,9,11-13H2,1-3H3,(H2,18,19,20);1H. The lowest BCUT2D eigenvalue weighted by Crippen LogP contribution is -2.39. The predicted molar refractivity (Wildman–Crippen MR) is 107 cm³/mol. The number of nitrogens with one attached hydrogen (secondary N) is 2. The quantitative estimate of drug-likeness (QED) is 0.257. The number of guanidine groups is 1. The van der Waals surface area contributed by atoms with Crippen molar-refractivity contribution in [3.8, 4) is 5.75 Å². The average Bonchev–Trinajstić information content (AvgIpc) is 2.55. The first kappa shape index (κ1) is 22.0. The molecule has 1 aromatic rings. The van der Waals surface area contributed by atoms with Crippen LogP contribution in [0.15, 0.2) is 29.3 Å². The molecule has 0 atom stereocenters. The summed E-state index contributed by atoms with van der Waals surface area (Å²) in [7, 11) is 1.69. The number of methoxy groups -OCH3 is 1. The Morgan fingerprint density at radius 2 is 2.04 bits per heavy atom. The van der Waals surface area contributed by atoms with Crippen LogP contribution in [0.25, 0.3) is 0 Å². The van der Waals surface area contributed by atoms with Crippen LogP contribution in [0, 0.1) is 0 Å². The zero-order valence-corrected chi connectivity index (χ0v) is 16.8. The molecule has 0 aromatic heterocycles. The molecule has 0 bridgehead atoms. The lowest BCUT2D eigenvalue weighted by Gasteiger charge is -2.11. The first-order valence-corrected chi connectivity index (χ1v) is 8.03. The molecule has 2 N–H and O–H groups in total. The monoisotopic (exact) mass is 435 g/mol. The van der Waals surface area contributed by atoms with Gasteiger partial charge >= 0.3 is 0 Å². The maximum atomic E-state index is 5.31. The number of aryl methyl sites for hydroxylation is 1. The minimum atomic E-state index is 0.